The van der Waals surface area contributed by atoms with E-state index >= 15 is 0 Å². The minimum absolute atomic E-state index is 0.236. The van der Waals surface area contributed by atoms with Gasteiger partial charge in [0.05, 0.1) is 6.61 Å². The molecular formula is C8H11FO2. The Hall–Kier alpha value is -0.860. The minimum Gasteiger partial charge on any atom is -0.461 e. The van der Waals surface area contributed by atoms with Crippen molar-refractivity contribution in [3.63, 3.8) is 0 Å². The molecule has 0 aromatic rings. The van der Waals surface area contributed by atoms with Crippen LogP contribution in [0.4, 0.5) is 4.39 Å². The van der Waals surface area contributed by atoms with E-state index in [1.54, 1.807) is 6.92 Å². The van der Waals surface area contributed by atoms with Crippen molar-refractivity contribution < 1.29 is 13.9 Å². The van der Waals surface area contributed by atoms with Gasteiger partial charge in [-0.1, -0.05) is 0 Å². The third kappa shape index (κ3) is 1.79. The highest BCUT2D eigenvalue weighted by atomic mass is 19.1. The molecule has 1 rings (SSSR count). The molecule has 0 aromatic heterocycles. The molecular weight excluding hydrogens is 147 g/mol. The van der Waals surface area contributed by atoms with Crippen LogP contribution in [0.15, 0.2) is 11.4 Å². The molecule has 1 saturated carbocycles. The van der Waals surface area contributed by atoms with Crippen molar-refractivity contribution in [1.29, 1.82) is 0 Å². The first kappa shape index (κ1) is 8.24. The molecule has 0 heterocycles. The van der Waals surface area contributed by atoms with Crippen molar-refractivity contribution >= 4 is 5.97 Å². The topological polar surface area (TPSA) is 26.3 Å². The van der Waals surface area contributed by atoms with Crippen LogP contribution in [0, 0.1) is 0 Å². The van der Waals surface area contributed by atoms with E-state index < -0.39 is 11.8 Å². The lowest BCUT2D eigenvalue weighted by molar-refractivity contribution is -0.140. The van der Waals surface area contributed by atoms with Gasteiger partial charge in [-0.2, -0.15) is 4.39 Å². The average Bonchev–Trinajstić information content (AvgIpc) is 1.84. The van der Waals surface area contributed by atoms with Crippen LogP contribution < -0.4 is 0 Å². The Morgan fingerprint density at radius 3 is 2.64 bits per heavy atom. The fourth-order valence-corrected chi connectivity index (χ4v) is 0.912. The van der Waals surface area contributed by atoms with Crippen LogP contribution >= 0.6 is 0 Å². The van der Waals surface area contributed by atoms with Gasteiger partial charge in [0.25, 0.3) is 0 Å². The minimum atomic E-state index is -0.804. The molecule has 1 fully saturated rings. The lowest BCUT2D eigenvalue weighted by Gasteiger charge is -2.16. The summed E-state index contributed by atoms with van der Waals surface area (Å²) < 4.78 is 17.3. The summed E-state index contributed by atoms with van der Waals surface area (Å²) >= 11 is 0. The average molecular weight is 158 g/mol. The van der Waals surface area contributed by atoms with E-state index in [0.29, 0.717) is 18.4 Å². The zero-order chi connectivity index (χ0) is 8.27. The number of hydrogen-bond donors (Lipinski definition) is 0. The first-order valence-corrected chi connectivity index (χ1v) is 3.80. The van der Waals surface area contributed by atoms with E-state index in [0.717, 1.165) is 6.42 Å². The second kappa shape index (κ2) is 3.51. The van der Waals surface area contributed by atoms with Crippen LogP contribution in [0.3, 0.4) is 0 Å². The molecule has 0 amide bonds. The number of rotatable bonds is 2. The number of carbonyl (C=O) groups excluding carboxylic acids is 1. The van der Waals surface area contributed by atoms with Gasteiger partial charge in [0, 0.05) is 0 Å². The van der Waals surface area contributed by atoms with Gasteiger partial charge in [0.2, 0.25) is 5.83 Å². The van der Waals surface area contributed by atoms with Gasteiger partial charge < -0.3 is 4.74 Å². The SMILES string of the molecule is CCOC(=O)C(F)=C1CCC1. The van der Waals surface area contributed by atoms with Crippen molar-refractivity contribution in [2.45, 2.75) is 26.2 Å². The zero-order valence-corrected chi connectivity index (χ0v) is 6.52. The Balaban J connectivity index is 2.51. The number of hydrogen-bond acceptors (Lipinski definition) is 2. The molecule has 0 aliphatic heterocycles. The predicted octanol–water partition coefficient (Wildman–Crippen LogP) is 1.96. The molecule has 1 aliphatic carbocycles. The summed E-state index contributed by atoms with van der Waals surface area (Å²) in [6.07, 6.45) is 2.41. The van der Waals surface area contributed by atoms with Crippen LogP contribution in [0.2, 0.25) is 0 Å². The Morgan fingerprint density at radius 1 is 1.64 bits per heavy atom. The lowest BCUT2D eigenvalue weighted by atomic mass is 9.92. The Labute approximate surface area is 65.0 Å². The smallest absolute Gasteiger partial charge is 0.367 e. The lowest BCUT2D eigenvalue weighted by Crippen LogP contribution is -2.10. The predicted molar refractivity (Wildman–Crippen MR) is 38.6 cm³/mol. The highest BCUT2D eigenvalue weighted by Crippen LogP contribution is 2.29. The summed E-state index contributed by atoms with van der Waals surface area (Å²) in [5.41, 5.74) is 0.614. The fourth-order valence-electron chi connectivity index (χ4n) is 0.912. The van der Waals surface area contributed by atoms with Gasteiger partial charge in [-0.05, 0) is 31.8 Å². The largest absolute Gasteiger partial charge is 0.461 e. The van der Waals surface area contributed by atoms with Gasteiger partial charge in [-0.25, -0.2) is 4.79 Å². The molecule has 0 spiro atoms. The number of halogens is 1. The molecule has 0 bridgehead atoms. The van der Waals surface area contributed by atoms with Crippen LogP contribution in [0.5, 0.6) is 0 Å². The van der Waals surface area contributed by atoms with Crippen LogP contribution in [0.25, 0.3) is 0 Å². The van der Waals surface area contributed by atoms with Crippen LogP contribution in [-0.2, 0) is 9.53 Å². The third-order valence-electron chi connectivity index (χ3n) is 1.72. The molecule has 0 N–H and O–H groups in total. The van der Waals surface area contributed by atoms with E-state index in [4.69, 9.17) is 0 Å². The maximum Gasteiger partial charge on any atom is 0.367 e. The summed E-state index contributed by atoms with van der Waals surface area (Å²) in [6.45, 7) is 1.90. The molecule has 1 aliphatic rings. The molecule has 11 heavy (non-hydrogen) atoms. The number of esters is 1. The monoisotopic (exact) mass is 158 g/mol. The molecule has 2 nitrogen and oxygen atoms in total. The van der Waals surface area contributed by atoms with Crippen molar-refractivity contribution in [2.75, 3.05) is 6.61 Å². The summed E-state index contributed by atoms with van der Waals surface area (Å²) in [4.78, 5) is 10.7. The second-order valence-corrected chi connectivity index (χ2v) is 2.49. The number of carbonyl (C=O) groups is 1. The molecule has 0 saturated heterocycles. The second-order valence-electron chi connectivity index (χ2n) is 2.49. The van der Waals surface area contributed by atoms with Crippen molar-refractivity contribution in [1.82, 2.24) is 0 Å². The van der Waals surface area contributed by atoms with E-state index in [1.807, 2.05) is 0 Å². The number of allylic oxidation sites excluding steroid dienone is 1. The standard InChI is InChI=1S/C8H11FO2/c1-2-11-8(10)7(9)6-4-3-5-6/h2-5H2,1H3. The van der Waals surface area contributed by atoms with E-state index in [-0.39, 0.29) is 6.61 Å². The van der Waals surface area contributed by atoms with E-state index in [2.05, 4.69) is 4.74 Å². The van der Waals surface area contributed by atoms with E-state index in [9.17, 15) is 9.18 Å². The zero-order valence-electron chi connectivity index (χ0n) is 6.52. The van der Waals surface area contributed by atoms with Gasteiger partial charge in [-0.15, -0.1) is 0 Å². The molecule has 0 radical (unpaired) electrons. The fraction of sp³-hybridized carbons (Fsp3) is 0.625. The highest BCUT2D eigenvalue weighted by molar-refractivity contribution is 5.87. The third-order valence-corrected chi connectivity index (χ3v) is 1.72. The first-order valence-electron chi connectivity index (χ1n) is 3.80. The molecule has 0 atom stereocenters. The number of ether oxygens (including phenoxy) is 1. The normalized spacial score (nSPS) is 15.6. The van der Waals surface area contributed by atoms with E-state index in [1.165, 1.54) is 0 Å². The Kier molecular flexibility index (Phi) is 2.63. The quantitative estimate of drug-likeness (QED) is 0.453. The summed E-state index contributed by atoms with van der Waals surface area (Å²) in [6, 6.07) is 0. The van der Waals surface area contributed by atoms with Gasteiger partial charge in [0.1, 0.15) is 0 Å². The maximum atomic E-state index is 12.8. The highest BCUT2D eigenvalue weighted by Gasteiger charge is 2.20. The van der Waals surface area contributed by atoms with Gasteiger partial charge in [0.15, 0.2) is 0 Å². The van der Waals surface area contributed by atoms with Gasteiger partial charge in [-0.3, -0.25) is 0 Å². The summed E-state index contributed by atoms with van der Waals surface area (Å²) in [7, 11) is 0. The Morgan fingerprint density at radius 2 is 2.27 bits per heavy atom. The van der Waals surface area contributed by atoms with Crippen LogP contribution in [-0.4, -0.2) is 12.6 Å². The first-order chi connectivity index (χ1) is 5.25. The molecule has 3 heteroatoms. The molecule has 62 valence electrons. The van der Waals surface area contributed by atoms with Crippen LogP contribution in [0.1, 0.15) is 26.2 Å². The van der Waals surface area contributed by atoms with Crippen molar-refractivity contribution in [3.8, 4) is 0 Å². The molecule has 0 unspecified atom stereocenters. The molecule has 0 aromatic carbocycles. The van der Waals surface area contributed by atoms with Crippen molar-refractivity contribution in [2.24, 2.45) is 0 Å². The Bertz CT molecular complexity index is 190. The summed E-state index contributed by atoms with van der Waals surface area (Å²) in [5, 5.41) is 0. The maximum absolute atomic E-state index is 12.8. The van der Waals surface area contributed by atoms with Gasteiger partial charge >= 0.3 is 5.97 Å². The van der Waals surface area contributed by atoms with Crippen molar-refractivity contribution in [3.05, 3.63) is 11.4 Å². The summed E-state index contributed by atoms with van der Waals surface area (Å²) in [5.74, 6) is -1.47.